The minimum absolute atomic E-state index is 0.256. The summed E-state index contributed by atoms with van der Waals surface area (Å²) in [6.45, 7) is 0. The monoisotopic (exact) mass is 340 g/mol. The molecule has 0 spiro atoms. The highest BCUT2D eigenvalue weighted by molar-refractivity contribution is 5.95. The summed E-state index contributed by atoms with van der Waals surface area (Å²) >= 11 is 0. The van der Waals surface area contributed by atoms with Crippen molar-refractivity contribution < 1.29 is 4.79 Å². The Morgan fingerprint density at radius 1 is 0.923 bits per heavy atom. The zero-order valence-electron chi connectivity index (χ0n) is 13.9. The lowest BCUT2D eigenvalue weighted by molar-refractivity contribution is 0.0955. The third-order valence-electron chi connectivity index (χ3n) is 3.99. The van der Waals surface area contributed by atoms with E-state index in [1.165, 1.54) is 0 Å². The second-order valence-electron chi connectivity index (χ2n) is 5.79. The fourth-order valence-electron chi connectivity index (χ4n) is 2.64. The second-order valence-corrected chi connectivity index (χ2v) is 5.79. The first-order chi connectivity index (χ1) is 12.8. The van der Waals surface area contributed by atoms with E-state index >= 15 is 0 Å². The van der Waals surface area contributed by atoms with E-state index in [-0.39, 0.29) is 5.91 Å². The van der Waals surface area contributed by atoms with Crippen LogP contribution in [0.2, 0.25) is 0 Å². The van der Waals surface area contributed by atoms with Crippen LogP contribution in [0.25, 0.3) is 22.4 Å². The van der Waals surface area contributed by atoms with Crippen molar-refractivity contribution in [3.05, 3.63) is 90.0 Å². The van der Waals surface area contributed by atoms with Crippen LogP contribution in [0.4, 0.5) is 0 Å². The van der Waals surface area contributed by atoms with Gasteiger partial charge in [0.2, 0.25) is 0 Å². The molecule has 0 aliphatic carbocycles. The van der Waals surface area contributed by atoms with Gasteiger partial charge in [-0.1, -0.05) is 54.6 Å². The largest absolute Gasteiger partial charge is 0.338 e. The molecule has 0 saturated heterocycles. The maximum Gasteiger partial charge on any atom is 0.271 e. The van der Waals surface area contributed by atoms with Gasteiger partial charge in [-0.25, -0.2) is 10.4 Å². The first-order valence-electron chi connectivity index (χ1n) is 8.23. The summed E-state index contributed by atoms with van der Waals surface area (Å²) < 4.78 is 0. The molecule has 4 rings (SSSR count). The third kappa shape index (κ3) is 3.37. The van der Waals surface area contributed by atoms with Gasteiger partial charge in [-0.3, -0.25) is 4.79 Å². The Labute approximate surface area is 150 Å². The van der Waals surface area contributed by atoms with E-state index in [4.69, 9.17) is 0 Å². The Kier molecular flexibility index (Phi) is 4.26. The van der Waals surface area contributed by atoms with E-state index in [0.717, 1.165) is 28.0 Å². The number of fused-ring (bicyclic) bond motifs is 1. The molecule has 0 unspecified atom stereocenters. The van der Waals surface area contributed by atoms with Crippen LogP contribution in [-0.2, 0) is 0 Å². The van der Waals surface area contributed by atoms with Crippen LogP contribution >= 0.6 is 0 Å². The number of carbonyl (C=O) groups excluding carboxylic acids is 1. The minimum Gasteiger partial charge on any atom is -0.338 e. The second kappa shape index (κ2) is 7.03. The van der Waals surface area contributed by atoms with Gasteiger partial charge in [0.05, 0.1) is 17.2 Å². The van der Waals surface area contributed by atoms with Crippen LogP contribution in [0, 0.1) is 0 Å². The lowest BCUT2D eigenvalue weighted by Crippen LogP contribution is -2.17. The van der Waals surface area contributed by atoms with Gasteiger partial charge in [-0.05, 0) is 29.8 Å². The summed E-state index contributed by atoms with van der Waals surface area (Å²) in [5.41, 5.74) is 6.82. The lowest BCUT2D eigenvalue weighted by Gasteiger charge is -2.01. The van der Waals surface area contributed by atoms with Gasteiger partial charge in [0.15, 0.2) is 0 Å². The maximum atomic E-state index is 12.2. The molecule has 3 aromatic carbocycles. The molecule has 126 valence electrons. The Bertz CT molecular complexity index is 1030. The molecular weight excluding hydrogens is 324 g/mol. The molecule has 1 aromatic heterocycles. The summed E-state index contributed by atoms with van der Waals surface area (Å²) in [4.78, 5) is 20.0. The number of hydrazone groups is 1. The number of benzene rings is 3. The van der Waals surface area contributed by atoms with Crippen LogP contribution < -0.4 is 5.43 Å². The van der Waals surface area contributed by atoms with Gasteiger partial charge in [0.1, 0.15) is 5.82 Å². The Balaban J connectivity index is 1.46. The van der Waals surface area contributed by atoms with Crippen LogP contribution in [0.1, 0.15) is 15.9 Å². The molecule has 1 heterocycles. The summed E-state index contributed by atoms with van der Waals surface area (Å²) in [5, 5.41) is 3.98. The number of para-hydroxylation sites is 2. The number of nitrogens with zero attached hydrogens (tertiary/aromatic N) is 2. The van der Waals surface area contributed by atoms with E-state index in [1.807, 2.05) is 66.7 Å². The molecule has 4 aromatic rings. The van der Waals surface area contributed by atoms with Crippen molar-refractivity contribution >= 4 is 23.2 Å². The highest BCUT2D eigenvalue weighted by Crippen LogP contribution is 2.20. The first-order valence-corrected chi connectivity index (χ1v) is 8.23. The topological polar surface area (TPSA) is 70.1 Å². The molecule has 0 radical (unpaired) electrons. The molecule has 5 nitrogen and oxygen atoms in total. The fourth-order valence-corrected chi connectivity index (χ4v) is 2.64. The molecule has 2 N–H and O–H groups in total. The van der Waals surface area contributed by atoms with Crippen LogP contribution in [0.3, 0.4) is 0 Å². The number of H-pyrrole nitrogens is 1. The number of rotatable bonds is 4. The van der Waals surface area contributed by atoms with E-state index in [2.05, 4.69) is 20.5 Å². The van der Waals surface area contributed by atoms with Crippen LogP contribution in [0.15, 0.2) is 84.0 Å². The summed E-state index contributed by atoms with van der Waals surface area (Å²) in [7, 11) is 0. The van der Waals surface area contributed by atoms with Gasteiger partial charge in [-0.15, -0.1) is 0 Å². The van der Waals surface area contributed by atoms with Gasteiger partial charge < -0.3 is 4.98 Å². The van der Waals surface area contributed by atoms with E-state index < -0.39 is 0 Å². The predicted octanol–water partition coefficient (Wildman–Crippen LogP) is 3.99. The number of aromatic amines is 1. The van der Waals surface area contributed by atoms with Gasteiger partial charge in [0.25, 0.3) is 5.91 Å². The quantitative estimate of drug-likeness (QED) is 0.435. The van der Waals surface area contributed by atoms with Crippen molar-refractivity contribution in [1.82, 2.24) is 15.4 Å². The number of hydrogen-bond acceptors (Lipinski definition) is 3. The van der Waals surface area contributed by atoms with Gasteiger partial charge >= 0.3 is 0 Å². The van der Waals surface area contributed by atoms with Gasteiger partial charge in [0, 0.05) is 11.1 Å². The normalized spacial score (nSPS) is 11.1. The van der Waals surface area contributed by atoms with Gasteiger partial charge in [-0.2, -0.15) is 5.10 Å². The molecule has 1 amide bonds. The predicted molar refractivity (Wildman–Crippen MR) is 103 cm³/mol. The Morgan fingerprint density at radius 3 is 2.42 bits per heavy atom. The standard InChI is InChI=1S/C21H16N4O/c26-21(25-22-14-15-6-2-1-3-7-15)17-12-10-16(11-13-17)20-23-18-8-4-5-9-19(18)24-20/h1-14H,(H,23,24)(H,25,26)/b22-14+. The molecule has 5 heteroatoms. The average Bonchev–Trinajstić information content (AvgIpc) is 3.13. The zero-order chi connectivity index (χ0) is 17.8. The summed E-state index contributed by atoms with van der Waals surface area (Å²) in [6.07, 6.45) is 1.61. The molecule has 26 heavy (non-hydrogen) atoms. The Hall–Kier alpha value is -3.73. The molecular formula is C21H16N4O. The molecule has 0 saturated carbocycles. The number of carbonyl (C=O) groups is 1. The molecule has 0 fully saturated rings. The van der Waals surface area contributed by atoms with Crippen molar-refractivity contribution in [2.24, 2.45) is 5.10 Å². The number of amides is 1. The Morgan fingerprint density at radius 2 is 1.65 bits per heavy atom. The van der Waals surface area contributed by atoms with Crippen molar-refractivity contribution in [3.8, 4) is 11.4 Å². The van der Waals surface area contributed by atoms with E-state index in [1.54, 1.807) is 18.3 Å². The van der Waals surface area contributed by atoms with Crippen molar-refractivity contribution in [3.63, 3.8) is 0 Å². The average molecular weight is 340 g/mol. The molecule has 0 aliphatic rings. The molecule has 0 aliphatic heterocycles. The number of imidazole rings is 1. The maximum absolute atomic E-state index is 12.2. The highest BCUT2D eigenvalue weighted by atomic mass is 16.2. The summed E-state index contributed by atoms with van der Waals surface area (Å²) in [5.74, 6) is 0.522. The minimum atomic E-state index is -0.256. The van der Waals surface area contributed by atoms with Crippen molar-refractivity contribution in [2.45, 2.75) is 0 Å². The fraction of sp³-hybridized carbons (Fsp3) is 0. The lowest BCUT2D eigenvalue weighted by atomic mass is 10.1. The highest BCUT2D eigenvalue weighted by Gasteiger charge is 2.07. The number of nitrogens with one attached hydrogen (secondary N) is 2. The van der Waals surface area contributed by atoms with E-state index in [9.17, 15) is 4.79 Å². The zero-order valence-corrected chi connectivity index (χ0v) is 13.9. The number of hydrogen-bond donors (Lipinski definition) is 2. The summed E-state index contributed by atoms with van der Waals surface area (Å²) in [6, 6.07) is 24.7. The smallest absolute Gasteiger partial charge is 0.271 e. The molecule has 0 bridgehead atoms. The van der Waals surface area contributed by atoms with E-state index in [0.29, 0.717) is 5.56 Å². The van der Waals surface area contributed by atoms with Crippen molar-refractivity contribution in [1.29, 1.82) is 0 Å². The first kappa shape index (κ1) is 15.8. The third-order valence-corrected chi connectivity index (χ3v) is 3.99. The molecule has 0 atom stereocenters. The van der Waals surface area contributed by atoms with Crippen molar-refractivity contribution in [2.75, 3.05) is 0 Å². The SMILES string of the molecule is O=C(N/N=C/c1ccccc1)c1ccc(-c2nc3ccccc3[nH]2)cc1. The van der Waals surface area contributed by atoms with Crippen LogP contribution in [-0.4, -0.2) is 22.1 Å². The number of aromatic nitrogens is 2. The van der Waals surface area contributed by atoms with Crippen LogP contribution in [0.5, 0.6) is 0 Å².